The molecule has 0 fully saturated rings. The lowest BCUT2D eigenvalue weighted by atomic mass is 10.0. The molecule has 20 heavy (non-hydrogen) atoms. The Bertz CT molecular complexity index is 520. The van der Waals surface area contributed by atoms with E-state index in [0.717, 1.165) is 5.56 Å². The van der Waals surface area contributed by atoms with Crippen molar-refractivity contribution in [3.8, 4) is 6.07 Å². The lowest BCUT2D eigenvalue weighted by Gasteiger charge is -2.16. The Hall–Kier alpha value is -2.35. The number of aryl methyl sites for hydroxylation is 1. The number of ether oxygens (including phenoxy) is 1. The summed E-state index contributed by atoms with van der Waals surface area (Å²) in [5.41, 5.74) is 1.53. The molecule has 0 aliphatic carbocycles. The van der Waals surface area contributed by atoms with E-state index in [1.807, 2.05) is 6.07 Å². The van der Waals surface area contributed by atoms with Crippen molar-refractivity contribution in [1.82, 2.24) is 5.32 Å². The number of carbonyl (C=O) groups excluding carboxylic acids is 2. The zero-order valence-corrected chi connectivity index (χ0v) is 11.7. The molecule has 0 saturated heterocycles. The van der Waals surface area contributed by atoms with Crippen molar-refractivity contribution in [1.29, 1.82) is 5.26 Å². The molecule has 1 amide bonds. The summed E-state index contributed by atoms with van der Waals surface area (Å²) in [7, 11) is 0. The average Bonchev–Trinajstić information content (AvgIpc) is 2.43. The summed E-state index contributed by atoms with van der Waals surface area (Å²) in [6.07, 6.45) is 1.02. The van der Waals surface area contributed by atoms with Gasteiger partial charge in [0.2, 0.25) is 5.91 Å². The van der Waals surface area contributed by atoms with Crippen molar-refractivity contribution < 1.29 is 14.3 Å². The fourth-order valence-corrected chi connectivity index (χ4v) is 1.84. The number of benzene rings is 1. The van der Waals surface area contributed by atoms with E-state index in [1.54, 1.807) is 25.1 Å². The van der Waals surface area contributed by atoms with Crippen molar-refractivity contribution in [2.24, 2.45) is 0 Å². The van der Waals surface area contributed by atoms with Crippen LogP contribution < -0.4 is 5.32 Å². The molecule has 0 aliphatic rings. The van der Waals surface area contributed by atoms with Gasteiger partial charge in [0.15, 0.2) is 0 Å². The molecule has 0 radical (unpaired) electrons. The zero-order valence-electron chi connectivity index (χ0n) is 11.7. The molecule has 5 nitrogen and oxygen atoms in total. The monoisotopic (exact) mass is 274 g/mol. The summed E-state index contributed by atoms with van der Waals surface area (Å²) in [4.78, 5) is 22.8. The first kappa shape index (κ1) is 15.7. The van der Waals surface area contributed by atoms with Crippen LogP contribution in [0.15, 0.2) is 24.3 Å². The Morgan fingerprint density at radius 1 is 1.45 bits per heavy atom. The number of hydrogen-bond donors (Lipinski definition) is 1. The molecular weight excluding hydrogens is 256 g/mol. The third-order valence-corrected chi connectivity index (χ3v) is 2.73. The van der Waals surface area contributed by atoms with Crippen LogP contribution in [-0.4, -0.2) is 24.5 Å². The minimum Gasteiger partial charge on any atom is -0.464 e. The Labute approximate surface area is 118 Å². The first-order valence-electron chi connectivity index (χ1n) is 6.49. The molecule has 1 N–H and O–H groups in total. The van der Waals surface area contributed by atoms with Crippen molar-refractivity contribution in [3.63, 3.8) is 0 Å². The van der Waals surface area contributed by atoms with Crippen molar-refractivity contribution in [2.75, 3.05) is 6.61 Å². The second-order valence-electron chi connectivity index (χ2n) is 4.36. The summed E-state index contributed by atoms with van der Waals surface area (Å²) < 4.78 is 4.93. The fraction of sp³-hybridized carbons (Fsp3) is 0.400. The first-order valence-corrected chi connectivity index (χ1v) is 6.49. The van der Waals surface area contributed by atoms with Gasteiger partial charge in [-0.05, 0) is 37.5 Å². The number of amides is 1. The highest BCUT2D eigenvalue weighted by molar-refractivity contribution is 5.83. The molecule has 1 unspecified atom stereocenters. The topological polar surface area (TPSA) is 79.2 Å². The number of hydrogen-bond acceptors (Lipinski definition) is 4. The van der Waals surface area contributed by atoms with E-state index in [4.69, 9.17) is 10.00 Å². The quantitative estimate of drug-likeness (QED) is 0.798. The maximum Gasteiger partial charge on any atom is 0.328 e. The van der Waals surface area contributed by atoms with Gasteiger partial charge in [0.25, 0.3) is 0 Å². The SMILES string of the molecule is CCOC(=O)C(CCc1cccc(C#N)c1)NC(C)=O. The third-order valence-electron chi connectivity index (χ3n) is 2.73. The summed E-state index contributed by atoms with van der Waals surface area (Å²) in [5.74, 6) is -0.701. The van der Waals surface area contributed by atoms with Gasteiger partial charge >= 0.3 is 5.97 Å². The highest BCUT2D eigenvalue weighted by atomic mass is 16.5. The van der Waals surface area contributed by atoms with Gasteiger partial charge in [0, 0.05) is 6.92 Å². The average molecular weight is 274 g/mol. The van der Waals surface area contributed by atoms with Crippen LogP contribution in [0.3, 0.4) is 0 Å². The zero-order chi connectivity index (χ0) is 15.0. The molecule has 0 bridgehead atoms. The molecule has 1 aromatic carbocycles. The Morgan fingerprint density at radius 2 is 2.20 bits per heavy atom. The van der Waals surface area contributed by atoms with Gasteiger partial charge in [0.1, 0.15) is 6.04 Å². The summed E-state index contributed by atoms with van der Waals surface area (Å²) in [6, 6.07) is 8.59. The molecule has 1 aromatic rings. The summed E-state index contributed by atoms with van der Waals surface area (Å²) in [6.45, 7) is 3.36. The van der Waals surface area contributed by atoms with Gasteiger partial charge in [-0.2, -0.15) is 5.26 Å². The summed E-state index contributed by atoms with van der Waals surface area (Å²) >= 11 is 0. The first-order chi connectivity index (χ1) is 9.56. The Balaban J connectivity index is 2.67. The van der Waals surface area contributed by atoms with Crippen LogP contribution in [0.1, 0.15) is 31.4 Å². The molecule has 0 heterocycles. The standard InChI is InChI=1S/C15H18N2O3/c1-3-20-15(19)14(17-11(2)18)8-7-12-5-4-6-13(9-12)10-16/h4-6,9,14H,3,7-8H2,1-2H3,(H,17,18). The fourth-order valence-electron chi connectivity index (χ4n) is 1.84. The van der Waals surface area contributed by atoms with Gasteiger partial charge in [-0.15, -0.1) is 0 Å². The summed E-state index contributed by atoms with van der Waals surface area (Å²) in [5, 5.41) is 11.4. The van der Waals surface area contributed by atoms with Crippen LogP contribution in [0.2, 0.25) is 0 Å². The van der Waals surface area contributed by atoms with E-state index in [1.165, 1.54) is 6.92 Å². The number of nitriles is 1. The number of esters is 1. The minimum atomic E-state index is -0.654. The Kier molecular flexibility index (Phi) is 6.24. The van der Waals surface area contributed by atoms with Gasteiger partial charge in [-0.3, -0.25) is 4.79 Å². The molecule has 5 heteroatoms. The highest BCUT2D eigenvalue weighted by Crippen LogP contribution is 2.09. The van der Waals surface area contributed by atoms with E-state index in [2.05, 4.69) is 11.4 Å². The van der Waals surface area contributed by atoms with E-state index >= 15 is 0 Å². The van der Waals surface area contributed by atoms with Crippen molar-refractivity contribution >= 4 is 11.9 Å². The van der Waals surface area contributed by atoms with Gasteiger partial charge in [0.05, 0.1) is 18.2 Å². The minimum absolute atomic E-state index is 0.270. The second kappa shape index (κ2) is 7.95. The predicted octanol–water partition coefficient (Wildman–Crippen LogP) is 1.56. The molecule has 0 saturated carbocycles. The van der Waals surface area contributed by atoms with Crippen LogP contribution in [0.5, 0.6) is 0 Å². The van der Waals surface area contributed by atoms with E-state index in [-0.39, 0.29) is 12.5 Å². The maximum atomic E-state index is 11.7. The van der Waals surface area contributed by atoms with Crippen molar-refractivity contribution in [2.45, 2.75) is 32.7 Å². The number of nitrogens with one attached hydrogen (secondary N) is 1. The smallest absolute Gasteiger partial charge is 0.328 e. The van der Waals surface area contributed by atoms with Gasteiger partial charge in [-0.1, -0.05) is 12.1 Å². The molecule has 0 aromatic heterocycles. The third kappa shape index (κ3) is 5.11. The Morgan fingerprint density at radius 3 is 2.80 bits per heavy atom. The molecular formula is C15H18N2O3. The highest BCUT2D eigenvalue weighted by Gasteiger charge is 2.20. The van der Waals surface area contributed by atoms with Gasteiger partial charge in [-0.25, -0.2) is 4.79 Å². The van der Waals surface area contributed by atoms with Crippen LogP contribution in [0.4, 0.5) is 0 Å². The molecule has 0 spiro atoms. The molecule has 1 rings (SSSR count). The van der Waals surface area contributed by atoms with E-state index in [0.29, 0.717) is 18.4 Å². The maximum absolute atomic E-state index is 11.7. The lowest BCUT2D eigenvalue weighted by molar-refractivity contribution is -0.147. The largest absolute Gasteiger partial charge is 0.464 e. The normalized spacial score (nSPS) is 11.2. The molecule has 0 aliphatic heterocycles. The predicted molar refractivity (Wildman–Crippen MR) is 73.7 cm³/mol. The number of rotatable bonds is 6. The van der Waals surface area contributed by atoms with Crippen molar-refractivity contribution in [3.05, 3.63) is 35.4 Å². The van der Waals surface area contributed by atoms with E-state index < -0.39 is 12.0 Å². The lowest BCUT2D eigenvalue weighted by Crippen LogP contribution is -2.41. The van der Waals surface area contributed by atoms with Crippen LogP contribution in [-0.2, 0) is 20.7 Å². The number of nitrogens with zero attached hydrogens (tertiary/aromatic N) is 1. The van der Waals surface area contributed by atoms with Crippen LogP contribution in [0.25, 0.3) is 0 Å². The molecule has 1 atom stereocenters. The van der Waals surface area contributed by atoms with E-state index in [9.17, 15) is 9.59 Å². The molecule has 106 valence electrons. The number of carbonyl (C=O) groups is 2. The van der Waals surface area contributed by atoms with Crippen LogP contribution >= 0.6 is 0 Å². The van der Waals surface area contributed by atoms with Gasteiger partial charge < -0.3 is 10.1 Å². The second-order valence-corrected chi connectivity index (χ2v) is 4.36. The van der Waals surface area contributed by atoms with Crippen LogP contribution in [0, 0.1) is 11.3 Å².